The third-order valence-corrected chi connectivity index (χ3v) is 4.78. The van der Waals surface area contributed by atoms with E-state index in [4.69, 9.17) is 5.26 Å². The zero-order valence-corrected chi connectivity index (χ0v) is 15.9. The average molecular weight is 368 g/mol. The van der Waals surface area contributed by atoms with Crippen LogP contribution in [0.5, 0.6) is 0 Å². The van der Waals surface area contributed by atoms with Crippen molar-refractivity contribution in [1.82, 2.24) is 4.90 Å². The summed E-state index contributed by atoms with van der Waals surface area (Å²) in [6, 6.07) is 32.6. The molecular weight excluding hydrogens is 344 g/mol. The summed E-state index contributed by atoms with van der Waals surface area (Å²) in [7, 11) is 0. The van der Waals surface area contributed by atoms with Gasteiger partial charge in [0.2, 0.25) is 0 Å². The molecule has 0 aliphatic heterocycles. The molecule has 0 N–H and O–H groups in total. The van der Waals surface area contributed by atoms with Crippen molar-refractivity contribution in [2.45, 2.75) is 32.0 Å². The molecule has 3 rings (SSSR count). The summed E-state index contributed by atoms with van der Waals surface area (Å²) >= 11 is 0. The Balaban J connectivity index is 1.94. The second-order valence-electron chi connectivity index (χ2n) is 6.88. The van der Waals surface area contributed by atoms with Crippen LogP contribution < -0.4 is 0 Å². The Morgan fingerprint density at radius 1 is 0.786 bits per heavy atom. The van der Waals surface area contributed by atoms with Crippen molar-refractivity contribution in [3.63, 3.8) is 0 Å². The summed E-state index contributed by atoms with van der Waals surface area (Å²) in [5, 5.41) is 8.94. The maximum Gasteiger partial charge on any atom is 0.148 e. The number of Topliss-reactive ketones (excluding diaryl/α,β-unsaturated/α-hetero) is 1. The van der Waals surface area contributed by atoms with Gasteiger partial charge in [-0.2, -0.15) is 5.26 Å². The largest absolute Gasteiger partial charge is 0.298 e. The summed E-state index contributed by atoms with van der Waals surface area (Å²) in [6.07, 6.45) is 0.283. The fraction of sp³-hybridized carbons (Fsp3) is 0.200. The minimum absolute atomic E-state index is 0.0255. The molecule has 0 amide bonds. The lowest BCUT2D eigenvalue weighted by Gasteiger charge is -2.32. The molecule has 1 unspecified atom stereocenters. The number of nitriles is 1. The summed E-state index contributed by atoms with van der Waals surface area (Å²) in [5.74, 6) is -0.0255. The van der Waals surface area contributed by atoms with Gasteiger partial charge in [0.25, 0.3) is 0 Å². The lowest BCUT2D eigenvalue weighted by Crippen LogP contribution is -2.30. The topological polar surface area (TPSA) is 44.1 Å². The Morgan fingerprint density at radius 3 is 1.71 bits per heavy atom. The highest BCUT2D eigenvalue weighted by Crippen LogP contribution is 2.29. The summed E-state index contributed by atoms with van der Waals surface area (Å²) in [4.78, 5) is 14.7. The number of carbonyl (C=O) groups is 1. The summed E-state index contributed by atoms with van der Waals surface area (Å²) in [6.45, 7) is 1.46. The van der Waals surface area contributed by atoms with E-state index in [2.05, 4.69) is 41.3 Å². The van der Waals surface area contributed by atoms with E-state index in [0.29, 0.717) is 6.42 Å². The van der Waals surface area contributed by atoms with Gasteiger partial charge >= 0.3 is 0 Å². The molecule has 1 atom stereocenters. The molecular formula is C25H24N2O. The van der Waals surface area contributed by atoms with Gasteiger partial charge < -0.3 is 0 Å². The van der Waals surface area contributed by atoms with Crippen molar-refractivity contribution >= 4 is 5.78 Å². The van der Waals surface area contributed by atoms with Gasteiger partial charge in [-0.15, -0.1) is 0 Å². The zero-order chi connectivity index (χ0) is 19.6. The molecule has 3 aromatic carbocycles. The average Bonchev–Trinajstić information content (AvgIpc) is 2.74. The monoisotopic (exact) mass is 368 g/mol. The van der Waals surface area contributed by atoms with E-state index in [-0.39, 0.29) is 18.2 Å². The van der Waals surface area contributed by atoms with Gasteiger partial charge in [0.05, 0.1) is 12.5 Å². The van der Waals surface area contributed by atoms with Crippen LogP contribution in [0, 0.1) is 11.3 Å². The predicted octanol–water partition coefficient (Wildman–Crippen LogP) is 5.30. The second-order valence-corrected chi connectivity index (χ2v) is 6.88. The first-order chi connectivity index (χ1) is 13.8. The third-order valence-electron chi connectivity index (χ3n) is 4.78. The number of hydrogen-bond donors (Lipinski definition) is 0. The van der Waals surface area contributed by atoms with Crippen molar-refractivity contribution in [3.8, 4) is 6.07 Å². The van der Waals surface area contributed by atoms with Gasteiger partial charge in [-0.3, -0.25) is 9.69 Å². The molecule has 0 aromatic heterocycles. The molecule has 140 valence electrons. The predicted molar refractivity (Wildman–Crippen MR) is 111 cm³/mol. The molecule has 0 heterocycles. The number of ketones is 1. The second kappa shape index (κ2) is 10.2. The molecule has 28 heavy (non-hydrogen) atoms. The SMILES string of the molecule is N#CCC(=O)CC(c1ccccc1)N(Cc1ccccc1)Cc1ccccc1. The van der Waals surface area contributed by atoms with Crippen LogP contribution >= 0.6 is 0 Å². The molecule has 0 aliphatic carbocycles. The molecule has 3 aromatic rings. The van der Waals surface area contributed by atoms with Gasteiger partial charge in [-0.05, 0) is 16.7 Å². The number of nitrogens with zero attached hydrogens (tertiary/aromatic N) is 2. The van der Waals surface area contributed by atoms with E-state index in [1.54, 1.807) is 0 Å². The van der Waals surface area contributed by atoms with Crippen LogP contribution in [0.3, 0.4) is 0 Å². The van der Waals surface area contributed by atoms with Crippen LogP contribution in [0.25, 0.3) is 0 Å². The maximum absolute atomic E-state index is 12.4. The Morgan fingerprint density at radius 2 is 1.25 bits per heavy atom. The van der Waals surface area contributed by atoms with Crippen molar-refractivity contribution in [2.24, 2.45) is 0 Å². The minimum Gasteiger partial charge on any atom is -0.298 e. The van der Waals surface area contributed by atoms with Gasteiger partial charge in [-0.1, -0.05) is 91.0 Å². The van der Waals surface area contributed by atoms with Gasteiger partial charge in [0.15, 0.2) is 0 Å². The third kappa shape index (κ3) is 5.64. The van der Waals surface area contributed by atoms with Crippen LogP contribution in [0.4, 0.5) is 0 Å². The zero-order valence-electron chi connectivity index (χ0n) is 15.9. The molecule has 3 heteroatoms. The first-order valence-corrected chi connectivity index (χ1v) is 9.52. The highest BCUT2D eigenvalue weighted by atomic mass is 16.1. The van der Waals surface area contributed by atoms with E-state index in [1.165, 1.54) is 11.1 Å². The van der Waals surface area contributed by atoms with Gasteiger partial charge in [0.1, 0.15) is 5.78 Å². The van der Waals surface area contributed by atoms with Crippen LogP contribution in [0.15, 0.2) is 91.0 Å². The van der Waals surface area contributed by atoms with E-state index >= 15 is 0 Å². The molecule has 0 saturated carbocycles. The van der Waals surface area contributed by atoms with Crippen molar-refractivity contribution in [1.29, 1.82) is 5.26 Å². The molecule has 0 radical (unpaired) electrons. The molecule has 0 fully saturated rings. The summed E-state index contributed by atoms with van der Waals surface area (Å²) in [5.41, 5.74) is 3.50. The van der Waals surface area contributed by atoms with E-state index in [0.717, 1.165) is 18.7 Å². The molecule has 0 saturated heterocycles. The van der Waals surface area contributed by atoms with Crippen LogP contribution in [0.2, 0.25) is 0 Å². The Hall–Kier alpha value is -3.22. The molecule has 0 aliphatic rings. The first-order valence-electron chi connectivity index (χ1n) is 9.52. The fourth-order valence-corrected chi connectivity index (χ4v) is 3.42. The fourth-order valence-electron chi connectivity index (χ4n) is 3.42. The molecule has 0 spiro atoms. The quantitative estimate of drug-likeness (QED) is 0.514. The maximum atomic E-state index is 12.4. The minimum atomic E-state index is -0.0811. The highest BCUT2D eigenvalue weighted by Gasteiger charge is 2.23. The number of carbonyl (C=O) groups excluding carboxylic acids is 1. The van der Waals surface area contributed by atoms with Crippen molar-refractivity contribution in [2.75, 3.05) is 0 Å². The van der Waals surface area contributed by atoms with Crippen molar-refractivity contribution in [3.05, 3.63) is 108 Å². The lowest BCUT2D eigenvalue weighted by atomic mass is 9.97. The molecule has 3 nitrogen and oxygen atoms in total. The molecule has 0 bridgehead atoms. The number of rotatable bonds is 9. The van der Waals surface area contributed by atoms with Crippen LogP contribution in [0.1, 0.15) is 35.6 Å². The van der Waals surface area contributed by atoms with E-state index in [9.17, 15) is 4.79 Å². The van der Waals surface area contributed by atoms with E-state index < -0.39 is 0 Å². The van der Waals surface area contributed by atoms with Crippen LogP contribution in [-0.4, -0.2) is 10.7 Å². The smallest absolute Gasteiger partial charge is 0.148 e. The Kier molecular flexibility index (Phi) is 7.12. The summed E-state index contributed by atoms with van der Waals surface area (Å²) < 4.78 is 0. The van der Waals surface area contributed by atoms with Gasteiger partial charge in [-0.25, -0.2) is 0 Å². The van der Waals surface area contributed by atoms with Crippen LogP contribution in [-0.2, 0) is 17.9 Å². The van der Waals surface area contributed by atoms with E-state index in [1.807, 2.05) is 60.7 Å². The standard InChI is InChI=1S/C25H24N2O/c26-17-16-24(28)18-25(23-14-8-3-9-15-23)27(19-21-10-4-1-5-11-21)20-22-12-6-2-7-13-22/h1-15,25H,16,18-20H2. The normalized spacial score (nSPS) is 11.7. The number of benzene rings is 3. The highest BCUT2D eigenvalue weighted by molar-refractivity contribution is 5.81. The van der Waals surface area contributed by atoms with Crippen molar-refractivity contribution < 1.29 is 4.79 Å². The number of hydrogen-bond acceptors (Lipinski definition) is 3. The first kappa shape index (κ1) is 19.5. The Labute approximate surface area is 166 Å². The van der Waals surface area contributed by atoms with Gasteiger partial charge in [0, 0.05) is 25.6 Å². The Bertz CT molecular complexity index is 860. The lowest BCUT2D eigenvalue weighted by molar-refractivity contribution is -0.119.